The minimum atomic E-state index is -0.318. The van der Waals surface area contributed by atoms with Gasteiger partial charge in [0, 0.05) is 24.0 Å². The standard InChI is InChI=1S/C21H21N5O2/c1-13-4-5-18(10-14(13)2)26-21(28)19-11-23-20(12-22-19)25-17-8-6-16(7-9-17)24-15(3)27/h4-12H,1-3H3,(H,23,25)(H,24,27)(H,26,28). The smallest absolute Gasteiger partial charge is 0.275 e. The van der Waals surface area contributed by atoms with Gasteiger partial charge in [-0.3, -0.25) is 9.59 Å². The number of carbonyl (C=O) groups is 2. The first-order chi connectivity index (χ1) is 13.4. The highest BCUT2D eigenvalue weighted by molar-refractivity contribution is 6.02. The van der Waals surface area contributed by atoms with Crippen molar-refractivity contribution in [2.75, 3.05) is 16.0 Å². The molecule has 0 bridgehead atoms. The monoisotopic (exact) mass is 375 g/mol. The average Bonchev–Trinajstić information content (AvgIpc) is 2.66. The molecular formula is C21H21N5O2. The molecule has 1 heterocycles. The Bertz CT molecular complexity index is 998. The van der Waals surface area contributed by atoms with E-state index in [0.717, 1.165) is 16.9 Å². The zero-order valence-corrected chi connectivity index (χ0v) is 15.9. The van der Waals surface area contributed by atoms with Crippen LogP contribution in [0.25, 0.3) is 0 Å². The van der Waals surface area contributed by atoms with Crippen LogP contribution in [-0.4, -0.2) is 21.8 Å². The number of hydrogen-bond acceptors (Lipinski definition) is 5. The Morgan fingerprint density at radius 1 is 0.786 bits per heavy atom. The van der Waals surface area contributed by atoms with Gasteiger partial charge in [0.2, 0.25) is 5.91 Å². The second-order valence-electron chi connectivity index (χ2n) is 6.42. The summed E-state index contributed by atoms with van der Waals surface area (Å²) in [6, 6.07) is 12.9. The zero-order chi connectivity index (χ0) is 20.1. The third-order valence-corrected chi connectivity index (χ3v) is 4.13. The van der Waals surface area contributed by atoms with Crippen molar-refractivity contribution in [3.8, 4) is 0 Å². The Balaban J connectivity index is 1.63. The van der Waals surface area contributed by atoms with E-state index in [4.69, 9.17) is 0 Å². The topological polar surface area (TPSA) is 96.0 Å². The number of amides is 2. The van der Waals surface area contributed by atoms with Gasteiger partial charge in [-0.15, -0.1) is 0 Å². The normalized spacial score (nSPS) is 10.2. The Hall–Kier alpha value is -3.74. The van der Waals surface area contributed by atoms with Crippen LogP contribution < -0.4 is 16.0 Å². The van der Waals surface area contributed by atoms with Crippen LogP contribution in [0.1, 0.15) is 28.5 Å². The largest absolute Gasteiger partial charge is 0.339 e. The Labute approximate surface area is 163 Å². The maximum absolute atomic E-state index is 12.3. The summed E-state index contributed by atoms with van der Waals surface area (Å²) in [6.45, 7) is 5.47. The molecule has 0 spiro atoms. The molecule has 3 rings (SSSR count). The van der Waals surface area contributed by atoms with Crippen molar-refractivity contribution in [2.24, 2.45) is 0 Å². The molecule has 3 aromatic rings. The summed E-state index contributed by atoms with van der Waals surface area (Å²) in [7, 11) is 0. The molecule has 142 valence electrons. The molecule has 28 heavy (non-hydrogen) atoms. The van der Waals surface area contributed by atoms with Crippen LogP contribution in [0, 0.1) is 13.8 Å². The predicted octanol–water partition coefficient (Wildman–Crippen LogP) is 4.05. The van der Waals surface area contributed by atoms with E-state index in [0.29, 0.717) is 11.5 Å². The van der Waals surface area contributed by atoms with Crippen LogP contribution in [0.3, 0.4) is 0 Å². The van der Waals surface area contributed by atoms with E-state index >= 15 is 0 Å². The highest BCUT2D eigenvalue weighted by Gasteiger charge is 2.09. The Morgan fingerprint density at radius 2 is 1.46 bits per heavy atom. The number of aromatic nitrogens is 2. The molecule has 0 unspecified atom stereocenters. The predicted molar refractivity (Wildman–Crippen MR) is 110 cm³/mol. The molecule has 0 aliphatic heterocycles. The van der Waals surface area contributed by atoms with Gasteiger partial charge < -0.3 is 16.0 Å². The number of nitrogens with one attached hydrogen (secondary N) is 3. The van der Waals surface area contributed by atoms with Crippen LogP contribution in [0.5, 0.6) is 0 Å². The summed E-state index contributed by atoms with van der Waals surface area (Å²) < 4.78 is 0. The summed E-state index contributed by atoms with van der Waals surface area (Å²) in [5, 5.41) is 8.62. The lowest BCUT2D eigenvalue weighted by Gasteiger charge is -2.09. The van der Waals surface area contributed by atoms with E-state index in [1.807, 2.05) is 44.2 Å². The molecule has 7 nitrogen and oxygen atoms in total. The third-order valence-electron chi connectivity index (χ3n) is 4.13. The molecule has 3 N–H and O–H groups in total. The molecule has 0 saturated heterocycles. The fraction of sp³-hybridized carbons (Fsp3) is 0.143. The fourth-order valence-electron chi connectivity index (χ4n) is 2.51. The number of hydrogen-bond donors (Lipinski definition) is 3. The fourth-order valence-corrected chi connectivity index (χ4v) is 2.51. The summed E-state index contributed by atoms with van der Waals surface area (Å²) in [5.41, 5.74) is 4.71. The maximum atomic E-state index is 12.3. The molecule has 0 atom stereocenters. The van der Waals surface area contributed by atoms with Crippen LogP contribution in [0.2, 0.25) is 0 Å². The van der Waals surface area contributed by atoms with Crippen LogP contribution >= 0.6 is 0 Å². The number of benzene rings is 2. The molecule has 0 aliphatic rings. The van der Waals surface area contributed by atoms with Gasteiger partial charge in [-0.2, -0.15) is 0 Å². The van der Waals surface area contributed by atoms with Crippen LogP contribution in [0.15, 0.2) is 54.9 Å². The SMILES string of the molecule is CC(=O)Nc1ccc(Nc2cnc(C(=O)Nc3ccc(C)c(C)c3)cn2)cc1. The molecule has 2 amide bonds. The third kappa shape index (κ3) is 4.91. The van der Waals surface area contributed by atoms with E-state index < -0.39 is 0 Å². The quantitative estimate of drug-likeness (QED) is 0.625. The molecule has 7 heteroatoms. The van der Waals surface area contributed by atoms with Crippen molar-refractivity contribution >= 4 is 34.7 Å². The van der Waals surface area contributed by atoms with Crippen LogP contribution in [-0.2, 0) is 4.79 Å². The van der Waals surface area contributed by atoms with Gasteiger partial charge in [0.25, 0.3) is 5.91 Å². The van der Waals surface area contributed by atoms with Crippen molar-refractivity contribution in [1.29, 1.82) is 0 Å². The Morgan fingerprint density at radius 3 is 2.07 bits per heavy atom. The first-order valence-corrected chi connectivity index (χ1v) is 8.76. The van der Waals surface area contributed by atoms with E-state index in [9.17, 15) is 9.59 Å². The van der Waals surface area contributed by atoms with Gasteiger partial charge in [0.1, 0.15) is 11.5 Å². The first kappa shape index (κ1) is 19.0. The molecule has 0 saturated carbocycles. The molecular weight excluding hydrogens is 354 g/mol. The number of rotatable bonds is 5. The summed E-state index contributed by atoms with van der Waals surface area (Å²) in [4.78, 5) is 31.8. The number of nitrogens with zero attached hydrogens (tertiary/aromatic N) is 2. The van der Waals surface area contributed by atoms with Gasteiger partial charge in [-0.05, 0) is 61.4 Å². The van der Waals surface area contributed by atoms with Crippen molar-refractivity contribution in [3.63, 3.8) is 0 Å². The minimum absolute atomic E-state index is 0.124. The lowest BCUT2D eigenvalue weighted by Crippen LogP contribution is -2.14. The van der Waals surface area contributed by atoms with Crippen molar-refractivity contribution in [2.45, 2.75) is 20.8 Å². The van der Waals surface area contributed by atoms with Gasteiger partial charge in [0.05, 0.1) is 12.4 Å². The summed E-state index contributed by atoms with van der Waals surface area (Å²) in [6.07, 6.45) is 2.92. The van der Waals surface area contributed by atoms with E-state index in [2.05, 4.69) is 25.9 Å². The van der Waals surface area contributed by atoms with Gasteiger partial charge in [-0.1, -0.05) is 6.07 Å². The van der Waals surface area contributed by atoms with Crippen molar-refractivity contribution < 1.29 is 9.59 Å². The molecule has 0 aliphatic carbocycles. The molecule has 1 aromatic heterocycles. The van der Waals surface area contributed by atoms with Gasteiger partial charge >= 0.3 is 0 Å². The number of carbonyl (C=O) groups excluding carboxylic acids is 2. The maximum Gasteiger partial charge on any atom is 0.275 e. The van der Waals surface area contributed by atoms with Crippen LogP contribution in [0.4, 0.5) is 22.9 Å². The number of aryl methyl sites for hydroxylation is 2. The lowest BCUT2D eigenvalue weighted by atomic mass is 10.1. The molecule has 2 aromatic carbocycles. The zero-order valence-electron chi connectivity index (χ0n) is 15.9. The van der Waals surface area contributed by atoms with Crippen molar-refractivity contribution in [1.82, 2.24) is 9.97 Å². The number of anilines is 4. The van der Waals surface area contributed by atoms with E-state index in [1.165, 1.54) is 24.9 Å². The Kier molecular flexibility index (Phi) is 5.64. The highest BCUT2D eigenvalue weighted by Crippen LogP contribution is 2.18. The van der Waals surface area contributed by atoms with Crippen molar-refractivity contribution in [3.05, 3.63) is 71.7 Å². The molecule has 0 radical (unpaired) electrons. The second-order valence-corrected chi connectivity index (χ2v) is 6.42. The summed E-state index contributed by atoms with van der Waals surface area (Å²) in [5.74, 6) is 0.0678. The minimum Gasteiger partial charge on any atom is -0.339 e. The summed E-state index contributed by atoms with van der Waals surface area (Å²) >= 11 is 0. The molecule has 0 fully saturated rings. The highest BCUT2D eigenvalue weighted by atomic mass is 16.2. The second kappa shape index (κ2) is 8.30. The van der Waals surface area contributed by atoms with E-state index in [-0.39, 0.29) is 17.5 Å². The van der Waals surface area contributed by atoms with Gasteiger partial charge in [-0.25, -0.2) is 9.97 Å². The first-order valence-electron chi connectivity index (χ1n) is 8.76. The van der Waals surface area contributed by atoms with Gasteiger partial charge in [0.15, 0.2) is 0 Å². The van der Waals surface area contributed by atoms with E-state index in [1.54, 1.807) is 12.1 Å². The average molecular weight is 375 g/mol. The lowest BCUT2D eigenvalue weighted by molar-refractivity contribution is -0.114.